The lowest BCUT2D eigenvalue weighted by Gasteiger charge is -2.45. The molecular weight excluding hydrogens is 526 g/mol. The lowest BCUT2D eigenvalue weighted by atomic mass is 9.61. The molecule has 3 N–H and O–H groups in total. The summed E-state index contributed by atoms with van der Waals surface area (Å²) in [6.45, 7) is 0. The lowest BCUT2D eigenvalue weighted by Crippen LogP contribution is -2.68. The van der Waals surface area contributed by atoms with Gasteiger partial charge in [0.2, 0.25) is 0 Å². The molecule has 0 aromatic carbocycles. The fraction of sp³-hybridized carbons (Fsp3) is 0.538. The van der Waals surface area contributed by atoms with Gasteiger partial charge in [0.15, 0.2) is 0 Å². The van der Waals surface area contributed by atoms with Crippen LogP contribution in [0.2, 0.25) is 0 Å². The maximum absolute atomic E-state index is 6.63. The van der Waals surface area contributed by atoms with E-state index in [4.69, 9.17) is 4.74 Å². The Morgan fingerprint density at radius 2 is 1.63 bits per heavy atom. The molecular formula is C39H47N3O. The summed E-state index contributed by atoms with van der Waals surface area (Å²) in [6, 6.07) is 0. The fourth-order valence-corrected chi connectivity index (χ4v) is 10.1. The van der Waals surface area contributed by atoms with Gasteiger partial charge < -0.3 is 4.74 Å². The fourth-order valence-electron chi connectivity index (χ4n) is 10.1. The molecule has 2 heterocycles. The second-order valence-corrected chi connectivity index (χ2v) is 14.4. The predicted molar refractivity (Wildman–Crippen MR) is 174 cm³/mol. The summed E-state index contributed by atoms with van der Waals surface area (Å²) in [5.74, 6) is 2.16. The quantitative estimate of drug-likeness (QED) is 0.309. The third-order valence-corrected chi connectivity index (χ3v) is 12.1. The summed E-state index contributed by atoms with van der Waals surface area (Å²) in [7, 11) is 0. The Kier molecular flexibility index (Phi) is 6.96. The van der Waals surface area contributed by atoms with Crippen LogP contribution in [0.25, 0.3) is 0 Å². The van der Waals surface area contributed by atoms with E-state index in [2.05, 4.69) is 82.8 Å². The molecule has 0 radical (unpaired) electrons. The van der Waals surface area contributed by atoms with Gasteiger partial charge >= 0.3 is 0 Å². The van der Waals surface area contributed by atoms with Gasteiger partial charge in [-0.25, -0.2) is 0 Å². The molecule has 224 valence electrons. The minimum atomic E-state index is 0.135. The van der Waals surface area contributed by atoms with E-state index in [9.17, 15) is 0 Å². The molecule has 7 aliphatic carbocycles. The number of hydrogen-bond acceptors (Lipinski definition) is 4. The van der Waals surface area contributed by atoms with Gasteiger partial charge in [-0.2, -0.15) is 0 Å². The maximum atomic E-state index is 6.63. The van der Waals surface area contributed by atoms with E-state index in [0.29, 0.717) is 29.8 Å². The Hall–Kier alpha value is -2.50. The van der Waals surface area contributed by atoms with Crippen molar-refractivity contribution in [2.45, 2.75) is 108 Å². The zero-order valence-corrected chi connectivity index (χ0v) is 25.4. The van der Waals surface area contributed by atoms with Crippen molar-refractivity contribution < 1.29 is 4.74 Å². The van der Waals surface area contributed by atoms with E-state index in [-0.39, 0.29) is 24.6 Å². The first kappa shape index (κ1) is 26.9. The van der Waals surface area contributed by atoms with Crippen molar-refractivity contribution in [3.05, 3.63) is 106 Å². The highest BCUT2D eigenvalue weighted by Gasteiger charge is 2.50. The van der Waals surface area contributed by atoms with Crippen LogP contribution in [-0.2, 0) is 4.74 Å². The zero-order chi connectivity index (χ0) is 28.3. The van der Waals surface area contributed by atoms with E-state index in [1.165, 1.54) is 80.9 Å². The van der Waals surface area contributed by atoms with E-state index < -0.39 is 0 Å². The topological polar surface area (TPSA) is 45.3 Å². The Balaban J connectivity index is 1.01. The molecule has 9 unspecified atom stereocenters. The number of nitrogens with one attached hydrogen (secondary N) is 3. The minimum absolute atomic E-state index is 0.135. The van der Waals surface area contributed by atoms with Crippen LogP contribution in [-0.4, -0.2) is 30.7 Å². The molecule has 2 saturated heterocycles. The molecule has 9 rings (SSSR count). The largest absolute Gasteiger partial charge is 0.370 e. The maximum Gasteiger partial charge on any atom is 0.0864 e. The highest BCUT2D eigenvalue weighted by Crippen LogP contribution is 2.54. The van der Waals surface area contributed by atoms with Gasteiger partial charge in [0.05, 0.1) is 30.7 Å². The van der Waals surface area contributed by atoms with Crippen LogP contribution in [0.5, 0.6) is 0 Å². The molecule has 43 heavy (non-hydrogen) atoms. The lowest BCUT2D eigenvalue weighted by molar-refractivity contribution is 0.0479. The smallest absolute Gasteiger partial charge is 0.0864 e. The monoisotopic (exact) mass is 573 g/mol. The van der Waals surface area contributed by atoms with Crippen molar-refractivity contribution in [3.8, 4) is 0 Å². The van der Waals surface area contributed by atoms with Gasteiger partial charge in [-0.1, -0.05) is 83.6 Å². The zero-order valence-electron chi connectivity index (χ0n) is 25.4. The van der Waals surface area contributed by atoms with Gasteiger partial charge in [-0.05, 0) is 105 Å². The molecule has 0 aromatic rings. The molecule has 0 bridgehead atoms. The van der Waals surface area contributed by atoms with E-state index in [1.807, 2.05) is 0 Å². The first-order chi connectivity index (χ1) is 21.3. The van der Waals surface area contributed by atoms with Crippen LogP contribution < -0.4 is 16.0 Å². The number of fused-ring (bicyclic) bond motifs is 6. The molecule has 0 saturated carbocycles. The van der Waals surface area contributed by atoms with E-state index in [0.717, 1.165) is 12.8 Å². The first-order valence-corrected chi connectivity index (χ1v) is 17.5. The number of rotatable bonds is 3. The molecule has 4 heteroatoms. The van der Waals surface area contributed by atoms with Crippen LogP contribution in [0.1, 0.15) is 77.0 Å². The Labute approximate surface area is 257 Å². The molecule has 0 aromatic heterocycles. The number of ether oxygens (including phenoxy) is 1. The van der Waals surface area contributed by atoms with Gasteiger partial charge in [0, 0.05) is 17.8 Å². The van der Waals surface area contributed by atoms with Crippen LogP contribution in [0.4, 0.5) is 0 Å². The van der Waals surface area contributed by atoms with Gasteiger partial charge in [0.1, 0.15) is 0 Å². The molecule has 0 spiro atoms. The molecule has 2 fully saturated rings. The van der Waals surface area contributed by atoms with Crippen LogP contribution in [0.3, 0.4) is 0 Å². The molecule has 2 aliphatic heterocycles. The summed E-state index contributed by atoms with van der Waals surface area (Å²) >= 11 is 0. The van der Waals surface area contributed by atoms with Crippen molar-refractivity contribution in [3.63, 3.8) is 0 Å². The summed E-state index contributed by atoms with van der Waals surface area (Å²) in [4.78, 5) is 0. The average Bonchev–Trinajstić information content (AvgIpc) is 3.47. The standard InChI is InChI=1S/C39H47N3O/c1-2-10-26(11-3-1)37-40-38(42-39(41-37)31-15-8-12-24-9-4-5-13-29(24)31)28-19-21-30-27(23-28)18-17-25-20-22-34-36(35(25)30)32-14-6-7-16-33(32)43-34/h1-2,6-7,10,14-16,19,21,23,27,30,32-34,36-42H,3-5,8-9,11-13,17-18,20,22H2. The summed E-state index contributed by atoms with van der Waals surface area (Å²) in [5.41, 5.74) is 11.3. The Morgan fingerprint density at radius 1 is 0.744 bits per heavy atom. The SMILES string of the molecule is C1=CCCC(C2NC(C3=CC4CCC5=C(C4C=C3)C3C(CC5)OC4C=CC=CC43)NC(C3=CCCC4=C3CCCC4)N2)=C1. The summed E-state index contributed by atoms with van der Waals surface area (Å²) in [5, 5.41) is 12.1. The van der Waals surface area contributed by atoms with Gasteiger partial charge in [-0.15, -0.1) is 0 Å². The van der Waals surface area contributed by atoms with E-state index >= 15 is 0 Å². The highest BCUT2D eigenvalue weighted by molar-refractivity contribution is 5.46. The van der Waals surface area contributed by atoms with Crippen LogP contribution >= 0.6 is 0 Å². The molecule has 0 amide bonds. The van der Waals surface area contributed by atoms with Crippen LogP contribution in [0.15, 0.2) is 106 Å². The highest BCUT2D eigenvalue weighted by atomic mass is 16.5. The normalized spacial score (nSPS) is 41.5. The molecule has 9 atom stereocenters. The first-order valence-electron chi connectivity index (χ1n) is 17.5. The van der Waals surface area contributed by atoms with Crippen molar-refractivity contribution in [1.29, 1.82) is 0 Å². The number of allylic oxidation sites excluding steroid dienone is 10. The van der Waals surface area contributed by atoms with Gasteiger partial charge in [0.25, 0.3) is 0 Å². The Bertz CT molecular complexity index is 1450. The third kappa shape index (κ3) is 4.72. The molecule has 4 nitrogen and oxygen atoms in total. The minimum Gasteiger partial charge on any atom is -0.370 e. The van der Waals surface area contributed by atoms with Crippen molar-refractivity contribution in [2.75, 3.05) is 0 Å². The van der Waals surface area contributed by atoms with Crippen molar-refractivity contribution >= 4 is 0 Å². The van der Waals surface area contributed by atoms with E-state index in [1.54, 1.807) is 22.3 Å². The second-order valence-electron chi connectivity index (χ2n) is 14.4. The predicted octanol–water partition coefficient (Wildman–Crippen LogP) is 7.35. The average molecular weight is 574 g/mol. The van der Waals surface area contributed by atoms with Gasteiger partial charge in [-0.3, -0.25) is 16.0 Å². The Morgan fingerprint density at radius 3 is 2.58 bits per heavy atom. The second kappa shape index (κ2) is 11.1. The summed E-state index contributed by atoms with van der Waals surface area (Å²) in [6.07, 6.45) is 42.4. The molecule has 9 aliphatic rings. The van der Waals surface area contributed by atoms with Crippen molar-refractivity contribution in [1.82, 2.24) is 16.0 Å². The third-order valence-electron chi connectivity index (χ3n) is 12.1. The van der Waals surface area contributed by atoms with Crippen molar-refractivity contribution in [2.24, 2.45) is 23.7 Å². The summed E-state index contributed by atoms with van der Waals surface area (Å²) < 4.78 is 6.63. The van der Waals surface area contributed by atoms with Crippen LogP contribution in [0, 0.1) is 23.7 Å². The number of hydrogen-bond donors (Lipinski definition) is 3.